The van der Waals surface area contributed by atoms with Crippen LogP contribution in [0.1, 0.15) is 25.7 Å². The zero-order chi connectivity index (χ0) is 11.1. The van der Waals surface area contributed by atoms with Crippen molar-refractivity contribution in [1.29, 1.82) is 0 Å². The molecule has 1 N–H and O–H groups in total. The van der Waals surface area contributed by atoms with Gasteiger partial charge in [0, 0.05) is 13.0 Å². The minimum absolute atomic E-state index is 0.133. The summed E-state index contributed by atoms with van der Waals surface area (Å²) in [5, 5.41) is 2.35. The number of imide groups is 1. The fourth-order valence-corrected chi connectivity index (χ4v) is 1.43. The van der Waals surface area contributed by atoms with Gasteiger partial charge >= 0.3 is 6.03 Å². The zero-order valence-corrected chi connectivity index (χ0v) is 8.36. The molecule has 0 atom stereocenters. The van der Waals surface area contributed by atoms with Gasteiger partial charge in [-0.05, 0) is 12.8 Å². The highest BCUT2D eigenvalue weighted by Gasteiger charge is 2.22. The maximum Gasteiger partial charge on any atom is 0.325 e. The summed E-state index contributed by atoms with van der Waals surface area (Å²) in [4.78, 5) is 37.0. The lowest BCUT2D eigenvalue weighted by Crippen LogP contribution is -2.43. The van der Waals surface area contributed by atoms with E-state index >= 15 is 0 Å². The molecule has 6 heteroatoms. The molecule has 1 heterocycles. The normalized spacial score (nSPS) is 16.5. The Balaban J connectivity index is 2.48. The van der Waals surface area contributed by atoms with Gasteiger partial charge in [-0.15, -0.1) is 0 Å². The van der Waals surface area contributed by atoms with Crippen LogP contribution >= 0.6 is 0 Å². The average Bonchev–Trinajstić information content (AvgIpc) is 2.43. The van der Waals surface area contributed by atoms with Crippen molar-refractivity contribution in [2.24, 2.45) is 4.99 Å². The SMILES string of the molecule is O=C=NCNC(=O)N1CCCCCC1=O. The Kier molecular flexibility index (Phi) is 4.50. The summed E-state index contributed by atoms with van der Waals surface area (Å²) in [6.07, 6.45) is 4.33. The summed E-state index contributed by atoms with van der Waals surface area (Å²) in [5.41, 5.74) is 0. The monoisotopic (exact) mass is 211 g/mol. The Bertz CT molecular complexity index is 297. The van der Waals surface area contributed by atoms with Crippen LogP contribution in [0.5, 0.6) is 0 Å². The molecule has 0 saturated carbocycles. The highest BCUT2D eigenvalue weighted by molar-refractivity contribution is 5.94. The van der Waals surface area contributed by atoms with Gasteiger partial charge in [0.25, 0.3) is 0 Å². The molecule has 15 heavy (non-hydrogen) atoms. The summed E-state index contributed by atoms with van der Waals surface area (Å²) in [6.45, 7) is 0.307. The van der Waals surface area contributed by atoms with Crippen LogP contribution in [0.25, 0.3) is 0 Å². The highest BCUT2D eigenvalue weighted by Crippen LogP contribution is 2.10. The number of rotatable bonds is 2. The molecule has 0 aromatic rings. The molecule has 0 aromatic heterocycles. The van der Waals surface area contributed by atoms with Crippen molar-refractivity contribution in [3.63, 3.8) is 0 Å². The van der Waals surface area contributed by atoms with E-state index in [0.29, 0.717) is 13.0 Å². The fourth-order valence-electron chi connectivity index (χ4n) is 1.43. The quantitative estimate of drug-likeness (QED) is 0.530. The van der Waals surface area contributed by atoms with Gasteiger partial charge in [0.2, 0.25) is 12.0 Å². The van der Waals surface area contributed by atoms with Crippen molar-refractivity contribution < 1.29 is 14.4 Å². The molecule has 0 aliphatic carbocycles. The molecule has 6 nitrogen and oxygen atoms in total. The molecule has 1 aliphatic heterocycles. The molecular formula is C9H13N3O3. The Morgan fingerprint density at radius 3 is 3.00 bits per heavy atom. The predicted octanol–water partition coefficient (Wildman–Crippen LogP) is 0.392. The number of amides is 3. The number of likely N-dealkylation sites (tertiary alicyclic amines) is 1. The van der Waals surface area contributed by atoms with Crippen molar-refractivity contribution in [2.75, 3.05) is 13.2 Å². The molecule has 1 saturated heterocycles. The van der Waals surface area contributed by atoms with Crippen molar-refractivity contribution in [2.45, 2.75) is 25.7 Å². The van der Waals surface area contributed by atoms with Crippen LogP contribution in [0.3, 0.4) is 0 Å². The van der Waals surface area contributed by atoms with E-state index in [1.54, 1.807) is 0 Å². The van der Waals surface area contributed by atoms with E-state index in [-0.39, 0.29) is 12.6 Å². The van der Waals surface area contributed by atoms with Crippen LogP contribution in [0.4, 0.5) is 4.79 Å². The van der Waals surface area contributed by atoms with Crippen molar-refractivity contribution in [3.05, 3.63) is 0 Å². The van der Waals surface area contributed by atoms with E-state index in [1.165, 1.54) is 11.0 Å². The number of hydrogen-bond acceptors (Lipinski definition) is 4. The van der Waals surface area contributed by atoms with Gasteiger partial charge in [0.1, 0.15) is 6.67 Å². The Labute approximate surface area is 87.3 Å². The molecule has 0 bridgehead atoms. The summed E-state index contributed by atoms with van der Waals surface area (Å²) >= 11 is 0. The molecule has 3 amide bonds. The van der Waals surface area contributed by atoms with Crippen LogP contribution in [0.2, 0.25) is 0 Å². The smallest absolute Gasteiger partial charge is 0.317 e. The number of nitrogens with zero attached hydrogens (tertiary/aromatic N) is 2. The molecule has 0 aromatic carbocycles. The second kappa shape index (κ2) is 5.93. The van der Waals surface area contributed by atoms with Gasteiger partial charge in [-0.3, -0.25) is 9.69 Å². The zero-order valence-electron chi connectivity index (χ0n) is 8.36. The highest BCUT2D eigenvalue weighted by atomic mass is 16.2. The van der Waals surface area contributed by atoms with E-state index in [0.717, 1.165) is 19.3 Å². The van der Waals surface area contributed by atoms with E-state index in [4.69, 9.17) is 0 Å². The Morgan fingerprint density at radius 2 is 2.27 bits per heavy atom. The van der Waals surface area contributed by atoms with E-state index in [2.05, 4.69) is 10.3 Å². The van der Waals surface area contributed by atoms with Crippen LogP contribution in [-0.4, -0.2) is 36.1 Å². The number of carbonyl (C=O) groups excluding carboxylic acids is 3. The first-order chi connectivity index (χ1) is 7.25. The van der Waals surface area contributed by atoms with Crippen LogP contribution in [-0.2, 0) is 9.59 Å². The first-order valence-corrected chi connectivity index (χ1v) is 4.87. The Hall–Kier alpha value is -1.68. The lowest BCUT2D eigenvalue weighted by Gasteiger charge is -2.17. The summed E-state index contributed by atoms with van der Waals surface area (Å²) in [6, 6.07) is -0.485. The number of carbonyl (C=O) groups is 2. The molecule has 1 rings (SSSR count). The van der Waals surface area contributed by atoms with Gasteiger partial charge in [-0.1, -0.05) is 6.42 Å². The minimum Gasteiger partial charge on any atom is -0.317 e. The number of isocyanates is 1. The fraction of sp³-hybridized carbons (Fsp3) is 0.667. The topological polar surface area (TPSA) is 78.8 Å². The first kappa shape index (κ1) is 11.4. The summed E-state index contributed by atoms with van der Waals surface area (Å²) in [5.74, 6) is -0.167. The number of nitrogens with one attached hydrogen (secondary N) is 1. The van der Waals surface area contributed by atoms with Gasteiger partial charge in [0.15, 0.2) is 0 Å². The van der Waals surface area contributed by atoms with Crippen molar-refractivity contribution >= 4 is 18.0 Å². The van der Waals surface area contributed by atoms with Gasteiger partial charge in [-0.25, -0.2) is 9.59 Å². The molecule has 82 valence electrons. The van der Waals surface area contributed by atoms with Crippen LogP contribution in [0.15, 0.2) is 4.99 Å². The lowest BCUT2D eigenvalue weighted by atomic mass is 10.2. The summed E-state index contributed by atoms with van der Waals surface area (Å²) in [7, 11) is 0. The summed E-state index contributed by atoms with van der Waals surface area (Å²) < 4.78 is 0. The number of urea groups is 1. The van der Waals surface area contributed by atoms with E-state index < -0.39 is 6.03 Å². The molecule has 1 fully saturated rings. The van der Waals surface area contributed by atoms with Gasteiger partial charge in [0.05, 0.1) is 0 Å². The largest absolute Gasteiger partial charge is 0.325 e. The third kappa shape index (κ3) is 3.52. The number of hydrogen-bond donors (Lipinski definition) is 1. The molecule has 0 radical (unpaired) electrons. The third-order valence-electron chi connectivity index (χ3n) is 2.19. The van der Waals surface area contributed by atoms with Gasteiger partial charge < -0.3 is 5.32 Å². The van der Waals surface area contributed by atoms with E-state index in [9.17, 15) is 14.4 Å². The van der Waals surface area contributed by atoms with Gasteiger partial charge in [-0.2, -0.15) is 4.99 Å². The van der Waals surface area contributed by atoms with Crippen molar-refractivity contribution in [3.8, 4) is 0 Å². The maximum absolute atomic E-state index is 11.4. The second-order valence-electron chi connectivity index (χ2n) is 3.25. The Morgan fingerprint density at radius 1 is 1.47 bits per heavy atom. The average molecular weight is 211 g/mol. The predicted molar refractivity (Wildman–Crippen MR) is 51.7 cm³/mol. The molecular weight excluding hydrogens is 198 g/mol. The second-order valence-corrected chi connectivity index (χ2v) is 3.25. The molecule has 1 aliphatic rings. The molecule has 0 spiro atoms. The number of aliphatic imine (C=N–C) groups is 1. The third-order valence-corrected chi connectivity index (χ3v) is 2.19. The standard InChI is InChI=1S/C9H13N3O3/c13-7-10-6-11-9(15)12-5-3-1-2-4-8(12)14/h1-6H2,(H,11,15). The maximum atomic E-state index is 11.4. The minimum atomic E-state index is -0.485. The van der Waals surface area contributed by atoms with E-state index in [1.807, 2.05) is 0 Å². The molecule has 0 unspecified atom stereocenters. The van der Waals surface area contributed by atoms with Crippen molar-refractivity contribution in [1.82, 2.24) is 10.2 Å². The van der Waals surface area contributed by atoms with Crippen LogP contribution in [0, 0.1) is 0 Å². The first-order valence-electron chi connectivity index (χ1n) is 4.87. The lowest BCUT2D eigenvalue weighted by molar-refractivity contribution is -0.127. The van der Waals surface area contributed by atoms with Crippen LogP contribution < -0.4 is 5.32 Å².